The van der Waals surface area contributed by atoms with Crippen LogP contribution >= 0.6 is 34.8 Å². The Bertz CT molecular complexity index is 1140. The Morgan fingerprint density at radius 3 is 2.52 bits per heavy atom. The second-order valence-electron chi connectivity index (χ2n) is 6.71. The molecule has 1 aromatic heterocycles. The van der Waals surface area contributed by atoms with Crippen LogP contribution in [-0.4, -0.2) is 22.7 Å². The number of ketones is 1. The molecule has 3 aromatic rings. The minimum atomic E-state index is -0.103. The van der Waals surface area contributed by atoms with Crippen molar-refractivity contribution in [1.82, 2.24) is 9.78 Å². The lowest BCUT2D eigenvalue weighted by molar-refractivity contribution is 0.104. The predicted molar refractivity (Wildman–Crippen MR) is 125 cm³/mol. The number of ether oxygens (including phenoxy) is 2. The Morgan fingerprint density at radius 2 is 1.84 bits per heavy atom. The summed E-state index contributed by atoms with van der Waals surface area (Å²) in [6, 6.07) is 8.67. The van der Waals surface area contributed by atoms with E-state index in [4.69, 9.17) is 44.3 Å². The van der Waals surface area contributed by atoms with Gasteiger partial charge in [0.2, 0.25) is 0 Å². The number of carbonyl (C=O) groups is 1. The third-order valence-corrected chi connectivity index (χ3v) is 5.78. The van der Waals surface area contributed by atoms with E-state index in [-0.39, 0.29) is 12.4 Å². The molecule has 0 aliphatic heterocycles. The van der Waals surface area contributed by atoms with E-state index in [2.05, 4.69) is 5.10 Å². The maximum Gasteiger partial charge on any atom is 0.189 e. The number of allylic oxidation sites excluding steroid dienone is 1. The van der Waals surface area contributed by atoms with Crippen molar-refractivity contribution in [3.63, 3.8) is 0 Å². The van der Waals surface area contributed by atoms with E-state index in [1.165, 1.54) is 12.1 Å². The Balaban J connectivity index is 1.78. The first-order valence-electron chi connectivity index (χ1n) is 9.53. The van der Waals surface area contributed by atoms with E-state index in [0.29, 0.717) is 38.7 Å². The number of aryl methyl sites for hydroxylation is 1. The van der Waals surface area contributed by atoms with Crippen LogP contribution < -0.4 is 9.47 Å². The smallest absolute Gasteiger partial charge is 0.189 e. The Kier molecular flexibility index (Phi) is 7.65. The number of nitrogens with zero attached hydrogens (tertiary/aromatic N) is 2. The first-order valence-corrected chi connectivity index (χ1v) is 10.7. The molecule has 162 valence electrons. The molecule has 1 heterocycles. The van der Waals surface area contributed by atoms with Crippen molar-refractivity contribution in [3.8, 4) is 11.5 Å². The number of benzene rings is 2. The fraction of sp³-hybridized carbons (Fsp3) is 0.217. The molecule has 0 bridgehead atoms. The van der Waals surface area contributed by atoms with Crippen molar-refractivity contribution >= 4 is 46.7 Å². The molecular weight excluding hydrogens is 459 g/mol. The molecule has 0 saturated carbocycles. The molecule has 0 atom stereocenters. The lowest BCUT2D eigenvalue weighted by Gasteiger charge is -2.13. The highest BCUT2D eigenvalue weighted by Crippen LogP contribution is 2.34. The zero-order chi connectivity index (χ0) is 22.5. The second kappa shape index (κ2) is 10.2. The monoisotopic (exact) mass is 478 g/mol. The fourth-order valence-electron chi connectivity index (χ4n) is 3.05. The highest BCUT2D eigenvalue weighted by molar-refractivity contribution is 6.43. The number of rotatable bonds is 8. The standard InChI is InChI=1S/C23H21Cl3N2O3/c1-4-28-14(2)17(12-27-28)21(29)7-5-15-6-8-22(30-3)16(9-15)13-31-23-11-19(25)18(24)10-20(23)26/h5-12H,4,13H2,1-3H3/b7-5+. The zero-order valence-corrected chi connectivity index (χ0v) is 19.6. The first-order chi connectivity index (χ1) is 14.8. The molecule has 0 N–H and O–H groups in total. The van der Waals surface area contributed by atoms with E-state index in [1.807, 2.05) is 32.0 Å². The summed E-state index contributed by atoms with van der Waals surface area (Å²) in [6.45, 7) is 4.77. The van der Waals surface area contributed by atoms with Gasteiger partial charge in [-0.05, 0) is 43.7 Å². The molecule has 0 spiro atoms. The predicted octanol–water partition coefficient (Wildman–Crippen LogP) is 6.66. The van der Waals surface area contributed by atoms with Gasteiger partial charge in [-0.3, -0.25) is 9.48 Å². The van der Waals surface area contributed by atoms with Crippen molar-refractivity contribution in [1.29, 1.82) is 0 Å². The summed E-state index contributed by atoms with van der Waals surface area (Å²) >= 11 is 18.2. The minimum Gasteiger partial charge on any atom is -0.496 e. The summed E-state index contributed by atoms with van der Waals surface area (Å²) in [5.41, 5.74) is 3.05. The van der Waals surface area contributed by atoms with Crippen LogP contribution in [0, 0.1) is 6.92 Å². The Labute approximate surface area is 196 Å². The molecule has 2 aromatic carbocycles. The number of methoxy groups -OCH3 is 1. The molecule has 0 amide bonds. The average molecular weight is 480 g/mol. The molecule has 0 saturated heterocycles. The molecule has 31 heavy (non-hydrogen) atoms. The van der Waals surface area contributed by atoms with E-state index >= 15 is 0 Å². The molecule has 0 aliphatic rings. The van der Waals surface area contributed by atoms with Gasteiger partial charge in [-0.25, -0.2) is 0 Å². The van der Waals surface area contributed by atoms with Gasteiger partial charge in [0.25, 0.3) is 0 Å². The largest absolute Gasteiger partial charge is 0.496 e. The van der Waals surface area contributed by atoms with Gasteiger partial charge in [0.15, 0.2) is 5.78 Å². The molecular formula is C23H21Cl3N2O3. The van der Waals surface area contributed by atoms with Crippen molar-refractivity contribution in [3.05, 3.63) is 80.1 Å². The Morgan fingerprint density at radius 1 is 1.10 bits per heavy atom. The fourth-order valence-corrected chi connectivity index (χ4v) is 3.65. The van der Waals surface area contributed by atoms with Crippen LogP contribution in [0.3, 0.4) is 0 Å². The van der Waals surface area contributed by atoms with Gasteiger partial charge < -0.3 is 9.47 Å². The number of aromatic nitrogens is 2. The zero-order valence-electron chi connectivity index (χ0n) is 17.3. The highest BCUT2D eigenvalue weighted by atomic mass is 35.5. The third kappa shape index (κ3) is 5.42. The summed E-state index contributed by atoms with van der Waals surface area (Å²) in [6.07, 6.45) is 4.88. The first kappa shape index (κ1) is 23.2. The SMILES string of the molecule is CCn1ncc(C(=O)/C=C/c2ccc(OC)c(COc3cc(Cl)c(Cl)cc3Cl)c2)c1C. The maximum atomic E-state index is 12.6. The van der Waals surface area contributed by atoms with Crippen molar-refractivity contribution < 1.29 is 14.3 Å². The lowest BCUT2D eigenvalue weighted by Crippen LogP contribution is -2.02. The van der Waals surface area contributed by atoms with Crippen molar-refractivity contribution in [2.75, 3.05) is 7.11 Å². The molecule has 0 radical (unpaired) electrons. The molecule has 0 unspecified atom stereocenters. The van der Waals surface area contributed by atoms with Crippen LogP contribution in [0.25, 0.3) is 6.08 Å². The van der Waals surface area contributed by atoms with Gasteiger partial charge >= 0.3 is 0 Å². The number of hydrogen-bond donors (Lipinski definition) is 0. The number of hydrogen-bond acceptors (Lipinski definition) is 4. The summed E-state index contributed by atoms with van der Waals surface area (Å²) in [7, 11) is 1.58. The average Bonchev–Trinajstić information content (AvgIpc) is 3.14. The summed E-state index contributed by atoms with van der Waals surface area (Å²) in [4.78, 5) is 12.6. The van der Waals surface area contributed by atoms with Crippen LogP contribution in [0.2, 0.25) is 15.1 Å². The Hall–Kier alpha value is -2.47. The molecule has 8 heteroatoms. The van der Waals surface area contributed by atoms with E-state index in [1.54, 1.807) is 30.1 Å². The quantitative estimate of drug-likeness (QED) is 0.206. The molecule has 0 aliphatic carbocycles. The van der Waals surface area contributed by atoms with E-state index in [9.17, 15) is 4.79 Å². The van der Waals surface area contributed by atoms with Crippen LogP contribution in [0.5, 0.6) is 11.5 Å². The van der Waals surface area contributed by atoms with Gasteiger partial charge in [0.05, 0.1) is 33.9 Å². The molecule has 3 rings (SSSR count). The highest BCUT2D eigenvalue weighted by Gasteiger charge is 2.12. The van der Waals surface area contributed by atoms with Gasteiger partial charge in [-0.2, -0.15) is 5.10 Å². The summed E-state index contributed by atoms with van der Waals surface area (Å²) in [5.74, 6) is 0.964. The van der Waals surface area contributed by atoms with E-state index < -0.39 is 0 Å². The normalized spacial score (nSPS) is 11.2. The topological polar surface area (TPSA) is 53.4 Å². The maximum absolute atomic E-state index is 12.6. The third-order valence-electron chi connectivity index (χ3n) is 4.76. The molecule has 0 fully saturated rings. The number of carbonyl (C=O) groups excluding carboxylic acids is 1. The number of halogens is 3. The minimum absolute atomic E-state index is 0.103. The summed E-state index contributed by atoms with van der Waals surface area (Å²) in [5, 5.41) is 5.29. The lowest BCUT2D eigenvalue weighted by atomic mass is 10.1. The molecule has 5 nitrogen and oxygen atoms in total. The van der Waals surface area contributed by atoms with Gasteiger partial charge in [0, 0.05) is 23.9 Å². The van der Waals surface area contributed by atoms with Crippen LogP contribution in [0.1, 0.15) is 34.1 Å². The van der Waals surface area contributed by atoms with Gasteiger partial charge in [-0.15, -0.1) is 0 Å². The van der Waals surface area contributed by atoms with Gasteiger partial charge in [0.1, 0.15) is 18.1 Å². The second-order valence-corrected chi connectivity index (χ2v) is 7.94. The van der Waals surface area contributed by atoms with E-state index in [0.717, 1.165) is 16.8 Å². The van der Waals surface area contributed by atoms with Gasteiger partial charge in [-0.1, -0.05) is 46.9 Å². The van der Waals surface area contributed by atoms with Crippen molar-refractivity contribution in [2.24, 2.45) is 0 Å². The van der Waals surface area contributed by atoms with Crippen LogP contribution in [0.15, 0.2) is 42.6 Å². The van der Waals surface area contributed by atoms with Crippen molar-refractivity contribution in [2.45, 2.75) is 27.0 Å². The van der Waals surface area contributed by atoms with Crippen LogP contribution in [0.4, 0.5) is 0 Å². The van der Waals surface area contributed by atoms with Crippen LogP contribution in [-0.2, 0) is 13.2 Å². The summed E-state index contributed by atoms with van der Waals surface area (Å²) < 4.78 is 13.0.